The van der Waals surface area contributed by atoms with Crippen LogP contribution in [0.4, 0.5) is 19.0 Å². The highest BCUT2D eigenvalue weighted by Crippen LogP contribution is 2.30. The molecule has 0 aliphatic carbocycles. The van der Waals surface area contributed by atoms with E-state index in [0.29, 0.717) is 12.3 Å². The summed E-state index contributed by atoms with van der Waals surface area (Å²) in [5.41, 5.74) is -1.59. The number of hydrogen-bond acceptors (Lipinski definition) is 3. The van der Waals surface area contributed by atoms with Gasteiger partial charge in [-0.2, -0.15) is 13.2 Å². The SMILES string of the molecule is CNc1ncc(C(F)(F)F)cc1C(=O)O. The number of hydrogen-bond donors (Lipinski definition) is 2. The lowest BCUT2D eigenvalue weighted by molar-refractivity contribution is -0.137. The number of halogens is 3. The van der Waals surface area contributed by atoms with Gasteiger partial charge < -0.3 is 10.4 Å². The fourth-order valence-electron chi connectivity index (χ4n) is 0.982. The molecule has 0 aliphatic rings. The first-order valence-corrected chi connectivity index (χ1v) is 3.84. The molecule has 4 nitrogen and oxygen atoms in total. The lowest BCUT2D eigenvalue weighted by Gasteiger charge is -2.09. The fourth-order valence-corrected chi connectivity index (χ4v) is 0.982. The first-order valence-electron chi connectivity index (χ1n) is 3.84. The van der Waals surface area contributed by atoms with Gasteiger partial charge in [0.1, 0.15) is 11.4 Å². The molecule has 1 heterocycles. The van der Waals surface area contributed by atoms with Crippen molar-refractivity contribution in [2.75, 3.05) is 12.4 Å². The number of nitrogens with one attached hydrogen (secondary N) is 1. The number of anilines is 1. The minimum Gasteiger partial charge on any atom is -0.478 e. The number of aromatic carboxylic acids is 1. The highest BCUT2D eigenvalue weighted by Gasteiger charge is 2.32. The minimum atomic E-state index is -4.59. The van der Waals surface area contributed by atoms with Crippen LogP contribution < -0.4 is 5.32 Å². The molecule has 1 aromatic heterocycles. The highest BCUT2D eigenvalue weighted by atomic mass is 19.4. The quantitative estimate of drug-likeness (QED) is 0.798. The Morgan fingerprint density at radius 3 is 2.53 bits per heavy atom. The molecule has 7 heteroatoms. The van der Waals surface area contributed by atoms with Crippen molar-refractivity contribution in [3.8, 4) is 0 Å². The zero-order valence-corrected chi connectivity index (χ0v) is 7.59. The average Bonchev–Trinajstić information content (AvgIpc) is 2.15. The second-order valence-corrected chi connectivity index (χ2v) is 2.67. The van der Waals surface area contributed by atoms with Crippen LogP contribution in [0.3, 0.4) is 0 Å². The normalized spacial score (nSPS) is 11.2. The van der Waals surface area contributed by atoms with Crippen molar-refractivity contribution in [3.05, 3.63) is 23.4 Å². The maximum absolute atomic E-state index is 12.2. The molecule has 0 unspecified atom stereocenters. The molecule has 0 atom stereocenters. The Morgan fingerprint density at radius 1 is 1.53 bits per heavy atom. The lowest BCUT2D eigenvalue weighted by Crippen LogP contribution is -2.11. The molecular formula is C8H7F3N2O2. The monoisotopic (exact) mass is 220 g/mol. The smallest absolute Gasteiger partial charge is 0.417 e. The molecule has 1 rings (SSSR count). The lowest BCUT2D eigenvalue weighted by atomic mass is 10.2. The molecule has 0 saturated heterocycles. The molecular weight excluding hydrogens is 213 g/mol. The number of rotatable bonds is 2. The van der Waals surface area contributed by atoms with Gasteiger partial charge in [0.2, 0.25) is 0 Å². The molecule has 1 aromatic rings. The van der Waals surface area contributed by atoms with E-state index in [2.05, 4.69) is 10.3 Å². The van der Waals surface area contributed by atoms with E-state index in [9.17, 15) is 18.0 Å². The predicted octanol–water partition coefficient (Wildman–Crippen LogP) is 1.84. The van der Waals surface area contributed by atoms with Crippen molar-refractivity contribution in [2.24, 2.45) is 0 Å². The zero-order chi connectivity index (χ0) is 11.6. The Bertz CT molecular complexity index is 390. The van der Waals surface area contributed by atoms with Crippen LogP contribution in [0.1, 0.15) is 15.9 Å². The number of pyridine rings is 1. The van der Waals surface area contributed by atoms with Gasteiger partial charge in [0, 0.05) is 13.2 Å². The number of aromatic nitrogens is 1. The number of nitrogens with zero attached hydrogens (tertiary/aromatic N) is 1. The van der Waals surface area contributed by atoms with E-state index in [1.807, 2.05) is 0 Å². The molecule has 15 heavy (non-hydrogen) atoms. The van der Waals surface area contributed by atoms with Gasteiger partial charge in [-0.1, -0.05) is 0 Å². The zero-order valence-electron chi connectivity index (χ0n) is 7.59. The molecule has 0 aromatic carbocycles. The number of alkyl halides is 3. The van der Waals surface area contributed by atoms with Gasteiger partial charge in [0.25, 0.3) is 0 Å². The molecule has 0 spiro atoms. The molecule has 0 amide bonds. The van der Waals surface area contributed by atoms with E-state index in [4.69, 9.17) is 5.11 Å². The van der Waals surface area contributed by atoms with Crippen LogP contribution in [-0.2, 0) is 6.18 Å². The van der Waals surface area contributed by atoms with Gasteiger partial charge in [0.05, 0.1) is 5.56 Å². The van der Waals surface area contributed by atoms with Crippen LogP contribution in [0.5, 0.6) is 0 Å². The Hall–Kier alpha value is -1.79. The summed E-state index contributed by atoms with van der Waals surface area (Å²) in [6.07, 6.45) is -4.01. The molecule has 2 N–H and O–H groups in total. The average molecular weight is 220 g/mol. The van der Waals surface area contributed by atoms with Crippen LogP contribution >= 0.6 is 0 Å². The van der Waals surface area contributed by atoms with Gasteiger partial charge in [-0.3, -0.25) is 0 Å². The first-order chi connectivity index (χ1) is 6.86. The van der Waals surface area contributed by atoms with Crippen molar-refractivity contribution in [1.29, 1.82) is 0 Å². The van der Waals surface area contributed by atoms with E-state index in [1.54, 1.807) is 0 Å². The van der Waals surface area contributed by atoms with Crippen molar-refractivity contribution in [3.63, 3.8) is 0 Å². The fraction of sp³-hybridized carbons (Fsp3) is 0.250. The maximum Gasteiger partial charge on any atom is 0.417 e. The molecule has 0 aliphatic heterocycles. The van der Waals surface area contributed by atoms with E-state index < -0.39 is 23.3 Å². The Labute approximate surface area is 82.7 Å². The first kappa shape index (κ1) is 11.3. The van der Waals surface area contributed by atoms with E-state index in [-0.39, 0.29) is 5.82 Å². The summed E-state index contributed by atoms with van der Waals surface area (Å²) in [6, 6.07) is 0.543. The van der Waals surface area contributed by atoms with Crippen LogP contribution in [0.2, 0.25) is 0 Å². The molecule has 0 saturated carbocycles. The van der Waals surface area contributed by atoms with Gasteiger partial charge in [-0.25, -0.2) is 9.78 Å². The third-order valence-corrected chi connectivity index (χ3v) is 1.68. The van der Waals surface area contributed by atoms with Crippen LogP contribution in [0.25, 0.3) is 0 Å². The third-order valence-electron chi connectivity index (χ3n) is 1.68. The predicted molar refractivity (Wildman–Crippen MR) is 45.7 cm³/mol. The number of carboxylic acid groups (broad SMARTS) is 1. The maximum atomic E-state index is 12.2. The molecule has 0 fully saturated rings. The largest absolute Gasteiger partial charge is 0.478 e. The molecule has 0 bridgehead atoms. The Kier molecular flexibility index (Phi) is 2.83. The van der Waals surface area contributed by atoms with Crippen molar-refractivity contribution >= 4 is 11.8 Å². The van der Waals surface area contributed by atoms with E-state index in [1.165, 1.54) is 7.05 Å². The van der Waals surface area contributed by atoms with Crippen molar-refractivity contribution in [2.45, 2.75) is 6.18 Å². The van der Waals surface area contributed by atoms with Gasteiger partial charge in [-0.05, 0) is 6.07 Å². The van der Waals surface area contributed by atoms with E-state index >= 15 is 0 Å². The van der Waals surface area contributed by atoms with Crippen molar-refractivity contribution < 1.29 is 23.1 Å². The Balaban J connectivity index is 3.28. The summed E-state index contributed by atoms with van der Waals surface area (Å²) < 4.78 is 36.6. The summed E-state index contributed by atoms with van der Waals surface area (Å²) in [6.45, 7) is 0. The highest BCUT2D eigenvalue weighted by molar-refractivity contribution is 5.93. The van der Waals surface area contributed by atoms with Crippen LogP contribution in [0, 0.1) is 0 Å². The summed E-state index contributed by atoms with van der Waals surface area (Å²) in [4.78, 5) is 14.0. The second-order valence-electron chi connectivity index (χ2n) is 2.67. The standard InChI is InChI=1S/C8H7F3N2O2/c1-12-6-5(7(14)15)2-4(3-13-6)8(9,10)11/h2-3H,1H3,(H,12,13)(H,14,15). The molecule has 82 valence electrons. The second kappa shape index (κ2) is 3.76. The van der Waals surface area contributed by atoms with Gasteiger partial charge in [-0.15, -0.1) is 0 Å². The summed E-state index contributed by atoms with van der Waals surface area (Å²) >= 11 is 0. The summed E-state index contributed by atoms with van der Waals surface area (Å²) in [7, 11) is 1.38. The van der Waals surface area contributed by atoms with Crippen molar-refractivity contribution in [1.82, 2.24) is 4.98 Å². The number of carbonyl (C=O) groups is 1. The van der Waals surface area contributed by atoms with Crippen LogP contribution in [0.15, 0.2) is 12.3 Å². The topological polar surface area (TPSA) is 62.2 Å². The summed E-state index contributed by atoms with van der Waals surface area (Å²) in [5.74, 6) is -1.56. The summed E-state index contributed by atoms with van der Waals surface area (Å²) in [5, 5.41) is 11.0. The third kappa shape index (κ3) is 2.36. The van der Waals surface area contributed by atoms with E-state index in [0.717, 1.165) is 0 Å². The molecule has 0 radical (unpaired) electrons. The number of carboxylic acids is 1. The van der Waals surface area contributed by atoms with Gasteiger partial charge in [0.15, 0.2) is 0 Å². The van der Waals surface area contributed by atoms with Gasteiger partial charge >= 0.3 is 12.1 Å². The Morgan fingerprint density at radius 2 is 2.13 bits per heavy atom. The minimum absolute atomic E-state index is 0.101. The van der Waals surface area contributed by atoms with Crippen LogP contribution in [-0.4, -0.2) is 23.1 Å².